The maximum absolute atomic E-state index is 13.4. The van der Waals surface area contributed by atoms with Crippen molar-refractivity contribution in [3.63, 3.8) is 0 Å². The number of nitrogens with one attached hydrogen (secondary N) is 2. The molecule has 0 aliphatic heterocycles. The van der Waals surface area contributed by atoms with Crippen molar-refractivity contribution in [2.45, 2.75) is 32.8 Å². The van der Waals surface area contributed by atoms with E-state index in [1.54, 1.807) is 6.92 Å². The molecule has 0 amide bonds. The molecule has 0 aliphatic rings. The van der Waals surface area contributed by atoms with Crippen LogP contribution in [-0.4, -0.2) is 27.2 Å². The van der Waals surface area contributed by atoms with Gasteiger partial charge in [-0.1, -0.05) is 13.8 Å². The molecule has 0 bridgehead atoms. The van der Waals surface area contributed by atoms with Crippen LogP contribution in [0.2, 0.25) is 0 Å². The number of anilines is 2. The number of aromatic nitrogens is 2. The zero-order valence-electron chi connectivity index (χ0n) is 10.9. The van der Waals surface area contributed by atoms with Gasteiger partial charge in [0.1, 0.15) is 0 Å². The number of nitrogens with zero attached hydrogens (tertiary/aromatic N) is 2. The van der Waals surface area contributed by atoms with Crippen molar-refractivity contribution in [2.75, 3.05) is 17.3 Å². The second kappa shape index (κ2) is 5.92. The van der Waals surface area contributed by atoms with Gasteiger partial charge < -0.3 is 10.4 Å². The summed E-state index contributed by atoms with van der Waals surface area (Å²) in [7, 11) is 0. The molecule has 0 aromatic carbocycles. The monoisotopic (exact) mass is 257 g/mol. The van der Waals surface area contributed by atoms with Crippen LogP contribution in [0.3, 0.4) is 0 Å². The summed E-state index contributed by atoms with van der Waals surface area (Å²) in [5.41, 5.74) is 1.30. The molecule has 0 radical (unpaired) electrons. The second-order valence-electron chi connectivity index (χ2n) is 4.98. The highest BCUT2D eigenvalue weighted by Crippen LogP contribution is 2.18. The lowest BCUT2D eigenvalue weighted by Gasteiger charge is -2.25. The summed E-state index contributed by atoms with van der Waals surface area (Å²) in [5, 5.41) is 12.9. The van der Waals surface area contributed by atoms with Crippen molar-refractivity contribution < 1.29 is 9.50 Å². The minimum absolute atomic E-state index is 0.0157. The van der Waals surface area contributed by atoms with Crippen LogP contribution in [0, 0.1) is 11.7 Å². The summed E-state index contributed by atoms with van der Waals surface area (Å²) in [4.78, 5) is 7.45. The molecule has 1 unspecified atom stereocenters. The minimum atomic E-state index is -0.929. The number of hydrogen-bond acceptors (Lipinski definition) is 6. The zero-order chi connectivity index (χ0) is 13.8. The van der Waals surface area contributed by atoms with Crippen LogP contribution >= 0.6 is 0 Å². The van der Waals surface area contributed by atoms with Gasteiger partial charge in [0.25, 0.3) is 0 Å². The number of nitrogen functional groups attached to an aromatic ring is 1. The average Bonchev–Trinajstić information content (AvgIpc) is 2.26. The van der Waals surface area contributed by atoms with Crippen LogP contribution in [-0.2, 0) is 0 Å². The molecule has 1 rings (SSSR count). The summed E-state index contributed by atoms with van der Waals surface area (Å²) in [6.45, 7) is 5.91. The summed E-state index contributed by atoms with van der Waals surface area (Å²) in [6, 6.07) is 0. The van der Waals surface area contributed by atoms with Gasteiger partial charge in [-0.2, -0.15) is 4.98 Å². The molecule has 0 fully saturated rings. The Hall–Kier alpha value is -1.47. The average molecular weight is 257 g/mol. The molecule has 0 aliphatic carbocycles. The number of halogens is 1. The largest absolute Gasteiger partial charge is 0.388 e. The van der Waals surface area contributed by atoms with E-state index in [1.165, 1.54) is 0 Å². The van der Waals surface area contributed by atoms with Crippen molar-refractivity contribution in [1.29, 1.82) is 0 Å². The predicted molar refractivity (Wildman–Crippen MR) is 68.4 cm³/mol. The van der Waals surface area contributed by atoms with E-state index in [-0.39, 0.29) is 18.3 Å². The van der Waals surface area contributed by atoms with E-state index >= 15 is 0 Å². The van der Waals surface area contributed by atoms with Crippen LogP contribution in [0.25, 0.3) is 0 Å². The van der Waals surface area contributed by atoms with Crippen LogP contribution in [0.5, 0.6) is 0 Å². The van der Waals surface area contributed by atoms with Crippen LogP contribution in [0.4, 0.5) is 16.2 Å². The lowest BCUT2D eigenvalue weighted by Crippen LogP contribution is -2.35. The smallest absolute Gasteiger partial charge is 0.239 e. The maximum atomic E-state index is 13.4. The van der Waals surface area contributed by atoms with E-state index in [9.17, 15) is 9.50 Å². The first-order valence-electron chi connectivity index (χ1n) is 5.79. The standard InChI is InChI=1S/C11H20FN5O/c1-7(2)4-11(3,18)6-15-9-8(12)5-14-10(16-9)17-13/h5,7,18H,4,6,13H2,1-3H3,(H2,14,15,16,17). The van der Waals surface area contributed by atoms with Crippen LogP contribution in [0.1, 0.15) is 27.2 Å². The molecule has 1 aromatic heterocycles. The van der Waals surface area contributed by atoms with Gasteiger partial charge in [-0.05, 0) is 19.3 Å². The lowest BCUT2D eigenvalue weighted by molar-refractivity contribution is 0.0514. The Labute approximate surface area is 106 Å². The fraction of sp³-hybridized carbons (Fsp3) is 0.636. The Bertz CT molecular complexity index is 397. The number of hydrogen-bond donors (Lipinski definition) is 4. The molecule has 1 heterocycles. The Kier molecular flexibility index (Phi) is 4.80. The quantitative estimate of drug-likeness (QED) is 0.450. The van der Waals surface area contributed by atoms with E-state index in [2.05, 4.69) is 20.7 Å². The SMILES string of the molecule is CC(C)CC(C)(O)CNc1nc(NN)ncc1F. The first-order chi connectivity index (χ1) is 8.34. The van der Waals surface area contributed by atoms with Gasteiger partial charge in [-0.15, -0.1) is 0 Å². The molecule has 0 saturated carbocycles. The molecule has 6 nitrogen and oxygen atoms in total. The topological polar surface area (TPSA) is 96.1 Å². The van der Waals surface area contributed by atoms with Gasteiger partial charge in [0.15, 0.2) is 11.6 Å². The van der Waals surface area contributed by atoms with Crippen molar-refractivity contribution in [3.8, 4) is 0 Å². The van der Waals surface area contributed by atoms with Crippen molar-refractivity contribution in [3.05, 3.63) is 12.0 Å². The Morgan fingerprint density at radius 1 is 1.56 bits per heavy atom. The van der Waals surface area contributed by atoms with Crippen molar-refractivity contribution in [1.82, 2.24) is 9.97 Å². The zero-order valence-corrected chi connectivity index (χ0v) is 10.9. The van der Waals surface area contributed by atoms with Gasteiger partial charge in [-0.3, -0.25) is 5.43 Å². The van der Waals surface area contributed by atoms with Crippen LogP contribution < -0.4 is 16.6 Å². The Balaban J connectivity index is 2.67. The molecule has 1 atom stereocenters. The maximum Gasteiger partial charge on any atom is 0.239 e. The van der Waals surface area contributed by atoms with E-state index in [4.69, 9.17) is 5.84 Å². The fourth-order valence-corrected chi connectivity index (χ4v) is 1.79. The Morgan fingerprint density at radius 2 is 2.22 bits per heavy atom. The second-order valence-corrected chi connectivity index (χ2v) is 4.98. The first kappa shape index (κ1) is 14.6. The fourth-order valence-electron chi connectivity index (χ4n) is 1.79. The number of hydrazine groups is 1. The van der Waals surface area contributed by atoms with Gasteiger partial charge in [0.05, 0.1) is 11.8 Å². The number of aliphatic hydroxyl groups is 1. The number of nitrogens with two attached hydrogens (primary N) is 1. The predicted octanol–water partition coefficient (Wildman–Crippen LogP) is 1.11. The molecule has 18 heavy (non-hydrogen) atoms. The summed E-state index contributed by atoms with van der Waals surface area (Å²) < 4.78 is 13.4. The highest BCUT2D eigenvalue weighted by Gasteiger charge is 2.22. The summed E-state index contributed by atoms with van der Waals surface area (Å²) in [6.07, 6.45) is 1.62. The van der Waals surface area contributed by atoms with Gasteiger partial charge >= 0.3 is 0 Å². The summed E-state index contributed by atoms with van der Waals surface area (Å²) in [5.74, 6) is 5.03. The molecule has 1 aromatic rings. The third-order valence-electron chi connectivity index (χ3n) is 2.36. The molecular weight excluding hydrogens is 237 g/mol. The third-order valence-corrected chi connectivity index (χ3v) is 2.36. The molecule has 7 heteroatoms. The summed E-state index contributed by atoms with van der Waals surface area (Å²) >= 11 is 0. The molecule has 5 N–H and O–H groups in total. The first-order valence-corrected chi connectivity index (χ1v) is 5.79. The van der Waals surface area contributed by atoms with Crippen molar-refractivity contribution in [2.24, 2.45) is 11.8 Å². The lowest BCUT2D eigenvalue weighted by atomic mass is 9.94. The third kappa shape index (κ3) is 4.42. The molecule has 0 spiro atoms. The normalized spacial score (nSPS) is 14.4. The van der Waals surface area contributed by atoms with Gasteiger partial charge in [0.2, 0.25) is 5.95 Å². The highest BCUT2D eigenvalue weighted by molar-refractivity contribution is 5.40. The highest BCUT2D eigenvalue weighted by atomic mass is 19.1. The molecular formula is C11H20FN5O. The van der Waals surface area contributed by atoms with Gasteiger partial charge in [0, 0.05) is 6.54 Å². The number of rotatable bonds is 6. The van der Waals surface area contributed by atoms with Crippen LogP contribution in [0.15, 0.2) is 6.20 Å². The molecule has 102 valence electrons. The van der Waals surface area contributed by atoms with Crippen molar-refractivity contribution >= 4 is 11.8 Å². The van der Waals surface area contributed by atoms with E-state index < -0.39 is 11.4 Å². The van der Waals surface area contributed by atoms with E-state index in [0.717, 1.165) is 6.20 Å². The van der Waals surface area contributed by atoms with E-state index in [0.29, 0.717) is 12.3 Å². The van der Waals surface area contributed by atoms with E-state index in [1.807, 2.05) is 13.8 Å². The minimum Gasteiger partial charge on any atom is -0.388 e. The molecule has 0 saturated heterocycles. The Morgan fingerprint density at radius 3 is 2.78 bits per heavy atom. The van der Waals surface area contributed by atoms with Gasteiger partial charge in [-0.25, -0.2) is 15.2 Å².